The largest absolute Gasteiger partial charge is 0.328 e. The molecule has 0 amide bonds. The standard InChI is InChI=1S/C7H13NO2S/c8-5-3-7(4-5)11(9,10)6-1-2-6/h5-7H,1-4,8H2. The smallest absolute Gasteiger partial charge is 0.156 e. The molecule has 0 atom stereocenters. The highest BCUT2D eigenvalue weighted by Crippen LogP contribution is 2.37. The maximum Gasteiger partial charge on any atom is 0.156 e. The molecular formula is C7H13NO2S. The van der Waals surface area contributed by atoms with Crippen molar-refractivity contribution in [2.24, 2.45) is 5.73 Å². The zero-order valence-electron chi connectivity index (χ0n) is 6.36. The number of hydrogen-bond donors (Lipinski definition) is 1. The van der Waals surface area contributed by atoms with Crippen molar-refractivity contribution < 1.29 is 8.42 Å². The normalized spacial score (nSPS) is 38.3. The highest BCUT2D eigenvalue weighted by atomic mass is 32.2. The van der Waals surface area contributed by atoms with Gasteiger partial charge in [0.05, 0.1) is 10.5 Å². The van der Waals surface area contributed by atoms with Crippen LogP contribution in [0.2, 0.25) is 0 Å². The van der Waals surface area contributed by atoms with Crippen LogP contribution in [0.25, 0.3) is 0 Å². The van der Waals surface area contributed by atoms with Crippen LogP contribution in [-0.4, -0.2) is 25.0 Å². The Balaban J connectivity index is 2.04. The van der Waals surface area contributed by atoms with E-state index in [1.54, 1.807) is 0 Å². The van der Waals surface area contributed by atoms with Gasteiger partial charge in [0, 0.05) is 6.04 Å². The first kappa shape index (κ1) is 7.55. The summed E-state index contributed by atoms with van der Waals surface area (Å²) in [5.74, 6) is 0. The molecule has 2 aliphatic carbocycles. The molecule has 4 heteroatoms. The van der Waals surface area contributed by atoms with Gasteiger partial charge in [0.2, 0.25) is 0 Å². The molecule has 3 nitrogen and oxygen atoms in total. The summed E-state index contributed by atoms with van der Waals surface area (Å²) in [6.45, 7) is 0. The first-order chi connectivity index (χ1) is 5.10. The van der Waals surface area contributed by atoms with Gasteiger partial charge in [0.25, 0.3) is 0 Å². The van der Waals surface area contributed by atoms with Gasteiger partial charge in [-0.25, -0.2) is 8.42 Å². The Labute approximate surface area is 66.9 Å². The molecule has 2 fully saturated rings. The second-order valence-corrected chi connectivity index (χ2v) is 6.15. The molecular weight excluding hydrogens is 162 g/mol. The lowest BCUT2D eigenvalue weighted by molar-refractivity contribution is 0.408. The Morgan fingerprint density at radius 3 is 2.00 bits per heavy atom. The van der Waals surface area contributed by atoms with Gasteiger partial charge in [-0.2, -0.15) is 0 Å². The SMILES string of the molecule is NC1CC(S(=O)(=O)C2CC2)C1. The molecule has 0 heterocycles. The zero-order valence-corrected chi connectivity index (χ0v) is 7.18. The Morgan fingerprint density at radius 1 is 1.09 bits per heavy atom. The number of nitrogens with two attached hydrogens (primary N) is 1. The molecule has 0 spiro atoms. The molecule has 2 rings (SSSR count). The Hall–Kier alpha value is -0.0900. The van der Waals surface area contributed by atoms with E-state index in [9.17, 15) is 8.42 Å². The second-order valence-electron chi connectivity index (χ2n) is 3.64. The monoisotopic (exact) mass is 175 g/mol. The predicted molar refractivity (Wildman–Crippen MR) is 42.9 cm³/mol. The Morgan fingerprint density at radius 2 is 1.64 bits per heavy atom. The summed E-state index contributed by atoms with van der Waals surface area (Å²) in [6, 6.07) is 0.147. The summed E-state index contributed by atoms with van der Waals surface area (Å²) < 4.78 is 22.9. The maximum absolute atomic E-state index is 11.5. The average Bonchev–Trinajstić information content (AvgIpc) is 2.60. The summed E-state index contributed by atoms with van der Waals surface area (Å²) in [5.41, 5.74) is 5.52. The molecule has 2 aliphatic rings. The zero-order chi connectivity index (χ0) is 8.06. The lowest BCUT2D eigenvalue weighted by Crippen LogP contribution is -2.45. The van der Waals surface area contributed by atoms with Crippen molar-refractivity contribution in [1.29, 1.82) is 0 Å². The molecule has 64 valence electrons. The summed E-state index contributed by atoms with van der Waals surface area (Å²) in [7, 11) is -2.74. The van der Waals surface area contributed by atoms with Crippen LogP contribution >= 0.6 is 0 Å². The third-order valence-electron chi connectivity index (χ3n) is 2.58. The van der Waals surface area contributed by atoms with Crippen LogP contribution in [0.4, 0.5) is 0 Å². The van der Waals surface area contributed by atoms with Crippen LogP contribution < -0.4 is 5.73 Å². The molecule has 0 radical (unpaired) electrons. The summed E-state index contributed by atoms with van der Waals surface area (Å²) in [4.78, 5) is 0. The fourth-order valence-corrected chi connectivity index (χ4v) is 3.91. The van der Waals surface area contributed by atoms with Crippen molar-refractivity contribution in [2.45, 2.75) is 42.2 Å². The fraction of sp³-hybridized carbons (Fsp3) is 1.00. The molecule has 2 saturated carbocycles. The van der Waals surface area contributed by atoms with Crippen molar-refractivity contribution in [2.75, 3.05) is 0 Å². The topological polar surface area (TPSA) is 60.2 Å². The molecule has 0 unspecified atom stereocenters. The van der Waals surface area contributed by atoms with E-state index >= 15 is 0 Å². The molecule has 0 aromatic heterocycles. The van der Waals surface area contributed by atoms with Crippen LogP contribution in [0.3, 0.4) is 0 Å². The van der Waals surface area contributed by atoms with Gasteiger partial charge in [0.15, 0.2) is 9.84 Å². The van der Waals surface area contributed by atoms with Crippen LogP contribution in [-0.2, 0) is 9.84 Å². The molecule has 0 aromatic carbocycles. The molecule has 0 bridgehead atoms. The number of sulfone groups is 1. The van der Waals surface area contributed by atoms with Crippen LogP contribution in [0.1, 0.15) is 25.7 Å². The molecule has 0 saturated heterocycles. The van der Waals surface area contributed by atoms with E-state index in [1.165, 1.54) is 0 Å². The summed E-state index contributed by atoms with van der Waals surface area (Å²) >= 11 is 0. The second kappa shape index (κ2) is 2.20. The van der Waals surface area contributed by atoms with Crippen LogP contribution in [0.5, 0.6) is 0 Å². The van der Waals surface area contributed by atoms with Gasteiger partial charge in [-0.3, -0.25) is 0 Å². The third-order valence-corrected chi connectivity index (χ3v) is 5.30. The van der Waals surface area contributed by atoms with Gasteiger partial charge < -0.3 is 5.73 Å². The van der Waals surface area contributed by atoms with E-state index in [2.05, 4.69) is 0 Å². The summed E-state index contributed by atoms with van der Waals surface area (Å²) in [5, 5.41) is -0.0926. The van der Waals surface area contributed by atoms with Gasteiger partial charge >= 0.3 is 0 Å². The Bertz CT molecular complexity index is 250. The summed E-state index contributed by atoms with van der Waals surface area (Å²) in [6.07, 6.45) is 3.15. The van der Waals surface area contributed by atoms with E-state index in [0.717, 1.165) is 12.8 Å². The van der Waals surface area contributed by atoms with Crippen molar-refractivity contribution in [1.82, 2.24) is 0 Å². The van der Waals surface area contributed by atoms with Crippen molar-refractivity contribution in [3.63, 3.8) is 0 Å². The van der Waals surface area contributed by atoms with Gasteiger partial charge in [-0.1, -0.05) is 0 Å². The van der Waals surface area contributed by atoms with E-state index in [4.69, 9.17) is 5.73 Å². The fourth-order valence-electron chi connectivity index (χ4n) is 1.54. The predicted octanol–water partition coefficient (Wildman–Crippen LogP) is 0.0533. The minimum Gasteiger partial charge on any atom is -0.328 e. The number of hydrogen-bond acceptors (Lipinski definition) is 3. The lowest BCUT2D eigenvalue weighted by atomic mass is 9.94. The van der Waals surface area contributed by atoms with Gasteiger partial charge in [-0.05, 0) is 25.7 Å². The van der Waals surface area contributed by atoms with E-state index in [1.807, 2.05) is 0 Å². The number of rotatable bonds is 2. The van der Waals surface area contributed by atoms with Gasteiger partial charge in [-0.15, -0.1) is 0 Å². The molecule has 2 N–H and O–H groups in total. The highest BCUT2D eigenvalue weighted by molar-refractivity contribution is 7.93. The molecule has 0 aliphatic heterocycles. The maximum atomic E-state index is 11.5. The highest BCUT2D eigenvalue weighted by Gasteiger charge is 2.45. The van der Waals surface area contributed by atoms with Crippen LogP contribution in [0.15, 0.2) is 0 Å². The lowest BCUT2D eigenvalue weighted by Gasteiger charge is -2.31. The average molecular weight is 175 g/mol. The first-order valence-corrected chi connectivity index (χ1v) is 5.70. The van der Waals surface area contributed by atoms with Crippen LogP contribution in [0, 0.1) is 0 Å². The van der Waals surface area contributed by atoms with E-state index < -0.39 is 9.84 Å². The quantitative estimate of drug-likeness (QED) is 0.645. The Kier molecular flexibility index (Phi) is 1.51. The van der Waals surface area contributed by atoms with Crippen molar-refractivity contribution in [3.05, 3.63) is 0 Å². The van der Waals surface area contributed by atoms with Crippen molar-refractivity contribution in [3.8, 4) is 0 Å². The molecule has 0 aromatic rings. The van der Waals surface area contributed by atoms with Crippen molar-refractivity contribution >= 4 is 9.84 Å². The molecule has 11 heavy (non-hydrogen) atoms. The first-order valence-electron chi connectivity index (χ1n) is 4.09. The van der Waals surface area contributed by atoms with E-state index in [-0.39, 0.29) is 16.5 Å². The van der Waals surface area contributed by atoms with E-state index in [0.29, 0.717) is 12.8 Å². The minimum atomic E-state index is -2.74. The van der Waals surface area contributed by atoms with Gasteiger partial charge in [0.1, 0.15) is 0 Å². The minimum absolute atomic E-state index is 0.000000000000000444. The third kappa shape index (κ3) is 1.18.